The van der Waals surface area contributed by atoms with Crippen LogP contribution in [0.5, 0.6) is 5.75 Å². The number of hydrogen-bond donors (Lipinski definition) is 4. The molecule has 1 aliphatic rings. The van der Waals surface area contributed by atoms with E-state index in [1.807, 2.05) is 18.2 Å². The molecule has 1 heterocycles. The Bertz CT molecular complexity index is 642. The van der Waals surface area contributed by atoms with E-state index < -0.39 is 0 Å². The summed E-state index contributed by atoms with van der Waals surface area (Å²) >= 11 is 1.57. The fourth-order valence-electron chi connectivity index (χ4n) is 2.84. The molecule has 1 aliphatic heterocycles. The lowest BCUT2D eigenvalue weighted by molar-refractivity contribution is -0.119. The van der Waals surface area contributed by atoms with E-state index in [-0.39, 0.29) is 17.4 Å². The van der Waals surface area contributed by atoms with Gasteiger partial charge in [0.25, 0.3) is 0 Å². The van der Waals surface area contributed by atoms with Gasteiger partial charge in [-0.2, -0.15) is 0 Å². The Hall–Kier alpha value is -2.09. The minimum Gasteiger partial charge on any atom is -0.491 e. The third kappa shape index (κ3) is 7.88. The highest BCUT2D eigenvalue weighted by Gasteiger charge is 2.24. The van der Waals surface area contributed by atoms with E-state index in [2.05, 4.69) is 28.2 Å². The maximum atomic E-state index is 11.6. The third-order valence-corrected chi connectivity index (χ3v) is 5.34. The van der Waals surface area contributed by atoms with E-state index in [4.69, 9.17) is 4.74 Å². The highest BCUT2D eigenvalue weighted by atomic mass is 32.2. The second kappa shape index (κ2) is 12.4. The van der Waals surface area contributed by atoms with Crippen molar-refractivity contribution in [3.05, 3.63) is 18.2 Å². The van der Waals surface area contributed by atoms with Gasteiger partial charge in [-0.05, 0) is 37.8 Å². The van der Waals surface area contributed by atoms with E-state index in [9.17, 15) is 9.59 Å². The molecular formula is C20H32N4O3S. The zero-order valence-corrected chi connectivity index (χ0v) is 17.6. The molecule has 0 aliphatic carbocycles. The largest absolute Gasteiger partial charge is 0.491 e. The number of rotatable bonds is 12. The molecule has 1 aromatic carbocycles. The molecule has 0 aromatic heterocycles. The average molecular weight is 409 g/mol. The van der Waals surface area contributed by atoms with Gasteiger partial charge in [0.2, 0.25) is 5.91 Å². The maximum absolute atomic E-state index is 11.6. The molecule has 0 radical (unpaired) electrons. The minimum absolute atomic E-state index is 0.0662. The van der Waals surface area contributed by atoms with Crippen LogP contribution in [0, 0.1) is 0 Å². The summed E-state index contributed by atoms with van der Waals surface area (Å²) in [5, 5.41) is 11.9. The molecule has 4 N–H and O–H groups in total. The topological polar surface area (TPSA) is 91.5 Å². The van der Waals surface area contributed by atoms with Gasteiger partial charge in [-0.25, -0.2) is 4.79 Å². The Morgan fingerprint density at radius 3 is 2.57 bits per heavy atom. The lowest BCUT2D eigenvalue weighted by Crippen LogP contribution is -2.36. The Morgan fingerprint density at radius 2 is 1.86 bits per heavy atom. The first kappa shape index (κ1) is 22.2. The molecule has 1 unspecified atom stereocenters. The number of urea groups is 1. The summed E-state index contributed by atoms with van der Waals surface area (Å²) in [6.45, 7) is 5.69. The monoisotopic (exact) mass is 408 g/mol. The predicted molar refractivity (Wildman–Crippen MR) is 114 cm³/mol. The van der Waals surface area contributed by atoms with Crippen LogP contribution < -0.4 is 26.0 Å². The normalized spacial score (nSPS) is 14.7. The second-order valence-corrected chi connectivity index (χ2v) is 7.92. The zero-order chi connectivity index (χ0) is 20.2. The van der Waals surface area contributed by atoms with Gasteiger partial charge in [-0.15, -0.1) is 0 Å². The van der Waals surface area contributed by atoms with Gasteiger partial charge in [-0.3, -0.25) is 4.79 Å². The molecule has 2 rings (SSSR count). The molecule has 8 heteroatoms. The Kier molecular flexibility index (Phi) is 9.82. The smallest absolute Gasteiger partial charge is 0.314 e. The van der Waals surface area contributed by atoms with Gasteiger partial charge in [-0.1, -0.05) is 37.6 Å². The van der Waals surface area contributed by atoms with Gasteiger partial charge in [0.1, 0.15) is 5.75 Å². The van der Waals surface area contributed by atoms with Crippen molar-refractivity contribution in [3.63, 3.8) is 0 Å². The van der Waals surface area contributed by atoms with Gasteiger partial charge in [0.15, 0.2) is 5.50 Å². The molecule has 0 spiro atoms. The number of fused-ring (bicyclic) bond motifs is 1. The maximum Gasteiger partial charge on any atom is 0.314 e. The number of nitrogens with one attached hydrogen (secondary N) is 4. The van der Waals surface area contributed by atoms with E-state index in [1.165, 1.54) is 6.92 Å². The second-order valence-electron chi connectivity index (χ2n) is 6.77. The van der Waals surface area contributed by atoms with Crippen molar-refractivity contribution in [1.29, 1.82) is 0 Å². The zero-order valence-electron chi connectivity index (χ0n) is 16.8. The number of ether oxygens (including phenoxy) is 1. The molecule has 3 amide bonds. The molecule has 0 fully saturated rings. The first-order valence-electron chi connectivity index (χ1n) is 10.1. The number of carbonyl (C=O) groups excluding carboxylic acids is 2. The molecule has 0 bridgehead atoms. The number of para-hydroxylation sites is 1. The van der Waals surface area contributed by atoms with Crippen molar-refractivity contribution in [2.45, 2.75) is 62.8 Å². The SMILES string of the molecule is CCCCCNC(=O)NCCCCCOc1cccc2c1NC(NC(C)=O)S2. The summed E-state index contributed by atoms with van der Waals surface area (Å²) < 4.78 is 5.92. The molecule has 0 saturated carbocycles. The van der Waals surface area contributed by atoms with Crippen LogP contribution in [0.1, 0.15) is 52.4 Å². The summed E-state index contributed by atoms with van der Waals surface area (Å²) in [6.07, 6.45) is 6.17. The van der Waals surface area contributed by atoms with Crippen LogP contribution in [0.3, 0.4) is 0 Å². The number of hydrogen-bond acceptors (Lipinski definition) is 5. The highest BCUT2D eigenvalue weighted by Crippen LogP contribution is 2.43. The summed E-state index contributed by atoms with van der Waals surface area (Å²) in [5.74, 6) is 0.742. The van der Waals surface area contributed by atoms with Crippen LogP contribution in [-0.4, -0.2) is 37.1 Å². The van der Waals surface area contributed by atoms with Crippen LogP contribution in [0.2, 0.25) is 0 Å². The number of carbonyl (C=O) groups is 2. The number of benzene rings is 1. The molecular weight excluding hydrogens is 376 g/mol. The molecule has 1 aromatic rings. The number of unbranched alkanes of at least 4 members (excludes halogenated alkanes) is 4. The molecule has 0 saturated heterocycles. The van der Waals surface area contributed by atoms with Crippen molar-refractivity contribution in [1.82, 2.24) is 16.0 Å². The number of thioether (sulfide) groups is 1. The Morgan fingerprint density at radius 1 is 1.11 bits per heavy atom. The van der Waals surface area contributed by atoms with Gasteiger partial charge < -0.3 is 26.0 Å². The molecule has 156 valence electrons. The van der Waals surface area contributed by atoms with Gasteiger partial charge >= 0.3 is 6.03 Å². The lowest BCUT2D eigenvalue weighted by atomic mass is 10.2. The Balaban J connectivity index is 1.57. The van der Waals surface area contributed by atoms with Crippen molar-refractivity contribution in [2.75, 3.05) is 25.0 Å². The molecule has 28 heavy (non-hydrogen) atoms. The predicted octanol–water partition coefficient (Wildman–Crippen LogP) is 3.66. The van der Waals surface area contributed by atoms with Gasteiger partial charge in [0.05, 0.1) is 12.3 Å². The minimum atomic E-state index is -0.156. The summed E-state index contributed by atoms with van der Waals surface area (Å²) in [4.78, 5) is 23.9. The first-order chi connectivity index (χ1) is 13.6. The van der Waals surface area contributed by atoms with E-state index in [1.54, 1.807) is 11.8 Å². The highest BCUT2D eigenvalue weighted by molar-refractivity contribution is 8.00. The standard InChI is InChI=1S/C20H32N4O3S/c1-3-4-6-12-21-19(26)22-13-7-5-8-14-27-16-10-9-11-17-18(16)24-20(28-17)23-15(2)25/h9-11,20,24H,3-8,12-14H2,1-2H3,(H,23,25)(H2,21,22,26). The van der Waals surface area contributed by atoms with Crippen molar-refractivity contribution in [3.8, 4) is 5.75 Å². The van der Waals surface area contributed by atoms with Crippen molar-refractivity contribution >= 4 is 29.4 Å². The quantitative estimate of drug-likeness (QED) is 0.396. The molecule has 7 nitrogen and oxygen atoms in total. The van der Waals surface area contributed by atoms with E-state index >= 15 is 0 Å². The van der Waals surface area contributed by atoms with Crippen molar-refractivity contribution < 1.29 is 14.3 Å². The fraction of sp³-hybridized carbons (Fsp3) is 0.600. The van der Waals surface area contributed by atoms with Crippen LogP contribution in [-0.2, 0) is 4.79 Å². The van der Waals surface area contributed by atoms with Crippen LogP contribution in [0.15, 0.2) is 23.1 Å². The van der Waals surface area contributed by atoms with E-state index in [0.29, 0.717) is 13.2 Å². The lowest BCUT2D eigenvalue weighted by Gasteiger charge is -2.13. The summed E-state index contributed by atoms with van der Waals surface area (Å²) in [7, 11) is 0. The Labute approximate surface area is 171 Å². The van der Waals surface area contributed by atoms with Gasteiger partial charge in [0, 0.05) is 24.9 Å². The number of anilines is 1. The van der Waals surface area contributed by atoms with E-state index in [0.717, 1.165) is 61.4 Å². The average Bonchev–Trinajstić information content (AvgIpc) is 3.06. The summed E-state index contributed by atoms with van der Waals surface area (Å²) in [5.41, 5.74) is 0.782. The first-order valence-corrected chi connectivity index (χ1v) is 11.0. The fourth-order valence-corrected chi connectivity index (χ4v) is 3.93. The van der Waals surface area contributed by atoms with Crippen LogP contribution in [0.4, 0.5) is 10.5 Å². The number of amides is 3. The van der Waals surface area contributed by atoms with Crippen LogP contribution >= 0.6 is 11.8 Å². The van der Waals surface area contributed by atoms with Crippen molar-refractivity contribution in [2.24, 2.45) is 0 Å². The summed E-state index contributed by atoms with van der Waals surface area (Å²) in [6, 6.07) is 5.83. The molecule has 1 atom stereocenters. The van der Waals surface area contributed by atoms with Crippen LogP contribution in [0.25, 0.3) is 0 Å². The third-order valence-electron chi connectivity index (χ3n) is 4.27.